The number of hydrogen-bond donors (Lipinski definition) is 1. The van der Waals surface area contributed by atoms with Gasteiger partial charge in [0, 0.05) is 29.9 Å². The first-order valence-electron chi connectivity index (χ1n) is 10.5. The monoisotopic (exact) mass is 398 g/mol. The van der Waals surface area contributed by atoms with Crippen LogP contribution < -0.4 is 10.2 Å². The minimum Gasteiger partial charge on any atom is -0.376 e. The van der Waals surface area contributed by atoms with Crippen LogP contribution in [0.1, 0.15) is 34.9 Å². The fourth-order valence-corrected chi connectivity index (χ4v) is 4.29. The molecule has 2 heterocycles. The molecule has 1 aliphatic heterocycles. The second-order valence-corrected chi connectivity index (χ2v) is 8.07. The van der Waals surface area contributed by atoms with E-state index in [-0.39, 0.29) is 6.04 Å². The van der Waals surface area contributed by atoms with Crippen molar-refractivity contribution < 1.29 is 0 Å². The highest BCUT2D eigenvalue weighted by Crippen LogP contribution is 2.37. The molecular weight excluding hydrogens is 368 g/mol. The molecule has 0 bridgehead atoms. The van der Waals surface area contributed by atoms with Crippen molar-refractivity contribution in [1.82, 2.24) is 15.1 Å². The van der Waals surface area contributed by atoms with E-state index >= 15 is 0 Å². The quantitative estimate of drug-likeness (QED) is 0.631. The average Bonchev–Trinajstić information content (AvgIpc) is 3.05. The van der Waals surface area contributed by atoms with Gasteiger partial charge < -0.3 is 10.2 Å². The number of aromatic nitrogens is 2. The van der Waals surface area contributed by atoms with Crippen molar-refractivity contribution in [1.29, 1.82) is 0 Å². The molecule has 1 atom stereocenters. The van der Waals surface area contributed by atoms with Gasteiger partial charge in [0.25, 0.3) is 0 Å². The van der Waals surface area contributed by atoms with Crippen molar-refractivity contribution in [3.05, 3.63) is 95.3 Å². The second-order valence-electron chi connectivity index (χ2n) is 8.07. The summed E-state index contributed by atoms with van der Waals surface area (Å²) in [6.07, 6.45) is 0.840. The van der Waals surface area contributed by atoms with Crippen LogP contribution in [0.15, 0.2) is 67.4 Å². The SMILES string of the molecule is C=C(N[C@@H]1Cc2c(C)nn(-c3ccccc3C)c2N(CC)C1=C)c1cccc(C)c1. The van der Waals surface area contributed by atoms with Crippen LogP contribution >= 0.6 is 0 Å². The maximum atomic E-state index is 4.92. The van der Waals surface area contributed by atoms with Gasteiger partial charge in [-0.05, 0) is 51.0 Å². The molecule has 2 aromatic carbocycles. The molecule has 1 aliphatic rings. The van der Waals surface area contributed by atoms with Gasteiger partial charge >= 0.3 is 0 Å². The van der Waals surface area contributed by atoms with E-state index in [9.17, 15) is 0 Å². The molecule has 0 saturated heterocycles. The van der Waals surface area contributed by atoms with Crippen molar-refractivity contribution in [2.45, 2.75) is 40.2 Å². The van der Waals surface area contributed by atoms with Gasteiger partial charge in [0.1, 0.15) is 5.82 Å². The van der Waals surface area contributed by atoms with E-state index in [2.05, 4.69) is 104 Å². The van der Waals surface area contributed by atoms with Gasteiger partial charge in [-0.25, -0.2) is 4.68 Å². The summed E-state index contributed by atoms with van der Waals surface area (Å²) in [7, 11) is 0. The number of benzene rings is 2. The van der Waals surface area contributed by atoms with Crippen LogP contribution in [0, 0.1) is 20.8 Å². The van der Waals surface area contributed by atoms with Crippen LogP contribution in [0.4, 0.5) is 5.82 Å². The molecule has 1 N–H and O–H groups in total. The molecule has 0 fully saturated rings. The fourth-order valence-electron chi connectivity index (χ4n) is 4.29. The minimum atomic E-state index is 0.0821. The zero-order chi connectivity index (χ0) is 21.4. The first kappa shape index (κ1) is 20.0. The fraction of sp³-hybridized carbons (Fsp3) is 0.269. The molecule has 0 saturated carbocycles. The predicted octanol–water partition coefficient (Wildman–Crippen LogP) is 5.32. The van der Waals surface area contributed by atoms with Crippen molar-refractivity contribution in [3.8, 4) is 5.69 Å². The Hall–Kier alpha value is -3.27. The lowest BCUT2D eigenvalue weighted by atomic mass is 9.96. The number of anilines is 1. The Morgan fingerprint density at radius 1 is 1.13 bits per heavy atom. The molecule has 1 aromatic heterocycles. The number of nitrogens with zero attached hydrogens (tertiary/aromatic N) is 3. The molecule has 0 spiro atoms. The predicted molar refractivity (Wildman–Crippen MR) is 126 cm³/mol. The molecular formula is C26H30N4. The molecule has 0 amide bonds. The van der Waals surface area contributed by atoms with E-state index in [1.807, 2.05) is 0 Å². The first-order valence-corrected chi connectivity index (χ1v) is 10.5. The van der Waals surface area contributed by atoms with E-state index < -0.39 is 0 Å². The summed E-state index contributed by atoms with van der Waals surface area (Å²) >= 11 is 0. The van der Waals surface area contributed by atoms with Gasteiger partial charge in [-0.1, -0.05) is 55.1 Å². The molecule has 154 valence electrons. The lowest BCUT2D eigenvalue weighted by Gasteiger charge is -2.37. The Kier molecular flexibility index (Phi) is 5.25. The number of para-hydroxylation sites is 1. The molecule has 4 heteroatoms. The van der Waals surface area contributed by atoms with E-state index in [0.717, 1.165) is 47.1 Å². The van der Waals surface area contributed by atoms with Gasteiger partial charge in [0.15, 0.2) is 0 Å². The molecule has 4 rings (SSSR count). The van der Waals surface area contributed by atoms with Gasteiger partial charge in [-0.15, -0.1) is 0 Å². The lowest BCUT2D eigenvalue weighted by molar-refractivity contribution is 0.617. The maximum absolute atomic E-state index is 4.92. The van der Waals surface area contributed by atoms with Crippen molar-refractivity contribution >= 4 is 11.5 Å². The van der Waals surface area contributed by atoms with Crippen LogP contribution in [-0.2, 0) is 6.42 Å². The van der Waals surface area contributed by atoms with Crippen LogP contribution in [0.3, 0.4) is 0 Å². The van der Waals surface area contributed by atoms with Gasteiger partial charge in [0.2, 0.25) is 0 Å². The molecule has 3 aromatic rings. The van der Waals surface area contributed by atoms with Crippen molar-refractivity contribution in [2.24, 2.45) is 0 Å². The standard InChI is InChI=1S/C26H30N4/c1-7-29-21(6)24(27-19(4)22-13-10-11-17(2)15-22)16-23-20(5)28-30(26(23)29)25-14-9-8-12-18(25)3/h8-15,24,27H,4,6-7,16H2,1-3,5H3/t24-/m1/s1. The highest BCUT2D eigenvalue weighted by atomic mass is 15.4. The van der Waals surface area contributed by atoms with Gasteiger partial charge in [-0.3, -0.25) is 0 Å². The van der Waals surface area contributed by atoms with Crippen LogP contribution in [0.25, 0.3) is 11.4 Å². The Bertz CT molecular complexity index is 1120. The third-order valence-corrected chi connectivity index (χ3v) is 5.94. The summed E-state index contributed by atoms with van der Waals surface area (Å²) in [4.78, 5) is 2.28. The van der Waals surface area contributed by atoms with E-state index in [1.165, 1.54) is 16.7 Å². The van der Waals surface area contributed by atoms with Gasteiger partial charge in [-0.2, -0.15) is 5.10 Å². The molecule has 0 aliphatic carbocycles. The summed E-state index contributed by atoms with van der Waals surface area (Å²) < 4.78 is 2.08. The Morgan fingerprint density at radius 3 is 2.60 bits per heavy atom. The van der Waals surface area contributed by atoms with E-state index in [4.69, 9.17) is 5.10 Å². The molecule has 0 unspecified atom stereocenters. The normalized spacial score (nSPS) is 15.8. The van der Waals surface area contributed by atoms with Crippen molar-refractivity contribution in [2.75, 3.05) is 11.4 Å². The number of aryl methyl sites for hydroxylation is 3. The largest absolute Gasteiger partial charge is 0.376 e. The third-order valence-electron chi connectivity index (χ3n) is 5.94. The summed E-state index contributed by atoms with van der Waals surface area (Å²) in [6, 6.07) is 16.9. The second kappa shape index (κ2) is 7.86. The molecule has 30 heavy (non-hydrogen) atoms. The number of nitrogens with one attached hydrogen (secondary N) is 1. The van der Waals surface area contributed by atoms with E-state index in [0.29, 0.717) is 0 Å². The Morgan fingerprint density at radius 2 is 1.90 bits per heavy atom. The number of rotatable bonds is 5. The third kappa shape index (κ3) is 3.43. The highest BCUT2D eigenvalue weighted by molar-refractivity contribution is 5.67. The number of likely N-dealkylation sites (N-methyl/N-ethyl adjacent to an activating group) is 1. The minimum absolute atomic E-state index is 0.0821. The summed E-state index contributed by atoms with van der Waals surface area (Å²) in [6.45, 7) is 18.1. The van der Waals surface area contributed by atoms with Crippen LogP contribution in [0.5, 0.6) is 0 Å². The summed E-state index contributed by atoms with van der Waals surface area (Å²) in [5.41, 5.74) is 8.96. The molecule has 0 radical (unpaired) electrons. The van der Waals surface area contributed by atoms with Crippen molar-refractivity contribution in [3.63, 3.8) is 0 Å². The number of fused-ring (bicyclic) bond motifs is 1. The zero-order valence-corrected chi connectivity index (χ0v) is 18.4. The van der Waals surface area contributed by atoms with Crippen LogP contribution in [-0.4, -0.2) is 22.4 Å². The van der Waals surface area contributed by atoms with Crippen LogP contribution in [0.2, 0.25) is 0 Å². The Balaban J connectivity index is 1.70. The maximum Gasteiger partial charge on any atom is 0.140 e. The smallest absolute Gasteiger partial charge is 0.140 e. The average molecular weight is 399 g/mol. The zero-order valence-electron chi connectivity index (χ0n) is 18.4. The topological polar surface area (TPSA) is 33.1 Å². The first-order chi connectivity index (χ1) is 14.4. The Labute approximate surface area is 179 Å². The summed E-state index contributed by atoms with van der Waals surface area (Å²) in [5.74, 6) is 1.13. The highest BCUT2D eigenvalue weighted by Gasteiger charge is 2.33. The summed E-state index contributed by atoms with van der Waals surface area (Å²) in [5, 5.41) is 8.56. The van der Waals surface area contributed by atoms with E-state index in [1.54, 1.807) is 0 Å². The molecule has 4 nitrogen and oxygen atoms in total. The van der Waals surface area contributed by atoms with Gasteiger partial charge in [0.05, 0.1) is 17.4 Å². The lowest BCUT2D eigenvalue weighted by Crippen LogP contribution is -2.43. The number of hydrogen-bond acceptors (Lipinski definition) is 3.